The van der Waals surface area contributed by atoms with Crippen molar-refractivity contribution in [1.82, 2.24) is 26.2 Å². The Morgan fingerprint density at radius 2 is 1.54 bits per heavy atom. The molecule has 0 aromatic heterocycles. The van der Waals surface area contributed by atoms with Gasteiger partial charge in [0.2, 0.25) is 29.5 Å². The van der Waals surface area contributed by atoms with Crippen molar-refractivity contribution < 1.29 is 56.9 Å². The van der Waals surface area contributed by atoms with Gasteiger partial charge in [-0.25, -0.2) is 4.79 Å². The lowest BCUT2D eigenvalue weighted by Crippen LogP contribution is -2.61. The highest BCUT2D eigenvalue weighted by molar-refractivity contribution is 5.97. The molecule has 5 amide bonds. The van der Waals surface area contributed by atoms with E-state index in [4.69, 9.17) is 21.4 Å². The molecule has 0 spiro atoms. The van der Waals surface area contributed by atoms with Gasteiger partial charge in [0.05, 0.1) is 6.42 Å². The Bertz CT molecular complexity index is 1650. The van der Waals surface area contributed by atoms with E-state index in [-0.39, 0.29) is 67.5 Å². The van der Waals surface area contributed by atoms with Crippen molar-refractivity contribution in [3.05, 3.63) is 35.9 Å². The Labute approximate surface area is 340 Å². The fourth-order valence-electron chi connectivity index (χ4n) is 7.63. The molecule has 2 saturated heterocycles. The fourth-order valence-corrected chi connectivity index (χ4v) is 7.63. The van der Waals surface area contributed by atoms with Crippen LogP contribution in [0.15, 0.2) is 35.3 Å². The van der Waals surface area contributed by atoms with E-state index in [2.05, 4.69) is 26.3 Å². The summed E-state index contributed by atoms with van der Waals surface area (Å²) in [7, 11) is 0. The van der Waals surface area contributed by atoms with Crippen LogP contribution >= 0.6 is 0 Å². The Hall–Kier alpha value is -5.43. The molecule has 6 atom stereocenters. The highest BCUT2D eigenvalue weighted by Gasteiger charge is 2.51. The highest BCUT2D eigenvalue weighted by Crippen LogP contribution is 2.39. The van der Waals surface area contributed by atoms with E-state index in [1.165, 1.54) is 0 Å². The largest absolute Gasteiger partial charge is 0.490 e. The number of alkyl halides is 3. The van der Waals surface area contributed by atoms with Crippen LogP contribution in [0.1, 0.15) is 90.0 Å². The van der Waals surface area contributed by atoms with E-state index in [1.54, 1.807) is 4.90 Å². The Kier molecular flexibility index (Phi) is 18.4. The number of aliphatic imine (C=N–C) groups is 1. The summed E-state index contributed by atoms with van der Waals surface area (Å²) in [5.74, 6) is -6.64. The molecule has 0 bridgehead atoms. The van der Waals surface area contributed by atoms with Crippen molar-refractivity contribution in [3.8, 4) is 0 Å². The van der Waals surface area contributed by atoms with Gasteiger partial charge in [0.15, 0.2) is 5.96 Å². The fraction of sp³-hybridized carbons (Fsp3) is 0.641. The van der Waals surface area contributed by atoms with E-state index in [9.17, 15) is 47.0 Å². The Morgan fingerprint density at radius 3 is 2.12 bits per heavy atom. The Balaban J connectivity index is 0.00000122. The first-order valence-electron chi connectivity index (χ1n) is 19.9. The second-order valence-electron chi connectivity index (χ2n) is 15.6. The molecule has 59 heavy (non-hydrogen) atoms. The molecule has 3 fully saturated rings. The van der Waals surface area contributed by atoms with E-state index in [0.29, 0.717) is 25.7 Å². The number of hydrogen-bond donors (Lipinski definition) is 8. The predicted molar refractivity (Wildman–Crippen MR) is 208 cm³/mol. The zero-order chi connectivity index (χ0) is 43.9. The molecule has 17 nitrogen and oxygen atoms in total. The molecule has 4 rings (SSSR count). The molecule has 0 radical (unpaired) electrons. The first-order valence-corrected chi connectivity index (χ1v) is 19.9. The van der Waals surface area contributed by atoms with Crippen molar-refractivity contribution in [2.24, 2.45) is 34.2 Å². The standard InChI is InChI=1S/C37H56N8O7.C2HF3O2/c1-22(2)21-41-33(49)28(20-31(46)47)44-34(50)26(14-9-17-40-37(38)39)42-35(51)30-19-25(18-23-10-5-3-6-11-23)29-16-15-27(36(52)45(29)30)43-32(48)24-12-7-4-8-13-24;3-2(4,5)1(6)7/h3,5-6,10-11,22,24-30H,4,7-9,12-21H2,1-2H3,(H,41,49)(H,42,51)(H,43,48)(H,44,50)(H,46,47)(H4,38,39,40);(H,6,7)/t25-,26?,27?,28-,29-,30-;/m0./s1. The highest BCUT2D eigenvalue weighted by atomic mass is 19.4. The van der Waals surface area contributed by atoms with Crippen LogP contribution in [0.4, 0.5) is 13.2 Å². The number of aliphatic carboxylic acids is 2. The van der Waals surface area contributed by atoms with Gasteiger partial charge in [-0.15, -0.1) is 0 Å². The van der Waals surface area contributed by atoms with E-state index < -0.39 is 66.4 Å². The molecule has 2 unspecified atom stereocenters. The van der Waals surface area contributed by atoms with Crippen molar-refractivity contribution in [3.63, 3.8) is 0 Å². The molecule has 3 aliphatic rings. The average Bonchev–Trinajstić information content (AvgIpc) is 3.54. The normalized spacial score (nSPS) is 21.5. The van der Waals surface area contributed by atoms with Gasteiger partial charge < -0.3 is 47.8 Å². The summed E-state index contributed by atoms with van der Waals surface area (Å²) in [4.78, 5) is 94.3. The van der Waals surface area contributed by atoms with Crippen LogP contribution in [0.25, 0.3) is 0 Å². The molecule has 1 aromatic carbocycles. The summed E-state index contributed by atoms with van der Waals surface area (Å²) < 4.78 is 31.7. The smallest absolute Gasteiger partial charge is 0.481 e. The van der Waals surface area contributed by atoms with Crippen LogP contribution in [0.2, 0.25) is 0 Å². The lowest BCUT2D eigenvalue weighted by Gasteiger charge is -2.39. The minimum atomic E-state index is -5.08. The van der Waals surface area contributed by atoms with Crippen LogP contribution in [-0.2, 0) is 40.0 Å². The zero-order valence-electron chi connectivity index (χ0n) is 33.3. The van der Waals surface area contributed by atoms with Gasteiger partial charge in [0.1, 0.15) is 24.2 Å². The number of halogens is 3. The summed E-state index contributed by atoms with van der Waals surface area (Å²) in [5, 5.41) is 27.6. The maximum Gasteiger partial charge on any atom is 0.490 e. The van der Waals surface area contributed by atoms with Crippen molar-refractivity contribution in [1.29, 1.82) is 0 Å². The molecule has 1 saturated carbocycles. The van der Waals surface area contributed by atoms with Crippen LogP contribution < -0.4 is 32.7 Å². The second kappa shape index (κ2) is 22.6. The third-order valence-electron chi connectivity index (χ3n) is 10.5. The van der Waals surface area contributed by atoms with Crippen LogP contribution in [0, 0.1) is 17.8 Å². The zero-order valence-corrected chi connectivity index (χ0v) is 33.3. The molecule has 2 heterocycles. The number of benzene rings is 1. The van der Waals surface area contributed by atoms with Gasteiger partial charge in [0, 0.05) is 25.0 Å². The second-order valence-corrected chi connectivity index (χ2v) is 15.6. The van der Waals surface area contributed by atoms with Gasteiger partial charge >= 0.3 is 18.1 Å². The molecule has 2 aliphatic heterocycles. The predicted octanol–water partition coefficient (Wildman–Crippen LogP) is 1.58. The van der Waals surface area contributed by atoms with E-state index >= 15 is 0 Å². The molecule has 10 N–H and O–H groups in total. The van der Waals surface area contributed by atoms with E-state index in [0.717, 1.165) is 37.7 Å². The van der Waals surface area contributed by atoms with Gasteiger partial charge in [0.25, 0.3) is 0 Å². The van der Waals surface area contributed by atoms with Gasteiger partial charge in [-0.1, -0.05) is 63.4 Å². The minimum Gasteiger partial charge on any atom is -0.481 e. The lowest BCUT2D eigenvalue weighted by molar-refractivity contribution is -0.192. The molecule has 1 aromatic rings. The first-order chi connectivity index (χ1) is 27.8. The Morgan fingerprint density at radius 1 is 0.898 bits per heavy atom. The van der Waals surface area contributed by atoms with Crippen LogP contribution in [0.5, 0.6) is 0 Å². The lowest BCUT2D eigenvalue weighted by atomic mass is 9.86. The molecule has 20 heteroatoms. The van der Waals surface area contributed by atoms with Crippen molar-refractivity contribution in [2.45, 2.75) is 127 Å². The molecular weight excluding hydrogens is 781 g/mol. The third-order valence-corrected chi connectivity index (χ3v) is 10.5. The number of nitrogens with one attached hydrogen (secondary N) is 4. The van der Waals surface area contributed by atoms with Crippen LogP contribution in [0.3, 0.4) is 0 Å². The van der Waals surface area contributed by atoms with Crippen LogP contribution in [-0.4, -0.2) is 112 Å². The summed E-state index contributed by atoms with van der Waals surface area (Å²) in [6.45, 7) is 4.20. The number of carboxylic acid groups (broad SMARTS) is 2. The molecule has 328 valence electrons. The maximum atomic E-state index is 14.2. The number of nitrogens with two attached hydrogens (primary N) is 2. The SMILES string of the molecule is CC(C)CNC(=O)[C@H](CC(=O)O)NC(=O)C(CCCN=C(N)N)NC(=O)[C@@H]1C[C@H](Cc2ccccc2)[C@@H]2CCC(NC(=O)C3CCCCC3)C(=O)N12.O=C(O)C(F)(F)F. The number of guanidine groups is 1. The number of nitrogens with zero attached hydrogens (tertiary/aromatic N) is 2. The van der Waals surface area contributed by atoms with Gasteiger partial charge in [-0.3, -0.25) is 33.8 Å². The number of carboxylic acids is 2. The summed E-state index contributed by atoms with van der Waals surface area (Å²) in [6.07, 6.45) is 1.32. The number of carbonyl (C=O) groups is 7. The van der Waals surface area contributed by atoms with Gasteiger partial charge in [-0.05, 0) is 68.8 Å². The summed E-state index contributed by atoms with van der Waals surface area (Å²) in [5.41, 5.74) is 12.0. The third kappa shape index (κ3) is 15.4. The quantitative estimate of drug-likeness (QED) is 0.0634. The number of carbonyl (C=O) groups excluding carboxylic acids is 5. The number of amides is 5. The number of piperidine rings is 1. The summed E-state index contributed by atoms with van der Waals surface area (Å²) in [6, 6.07) is 5.35. The topological polar surface area (TPSA) is 276 Å². The summed E-state index contributed by atoms with van der Waals surface area (Å²) >= 11 is 0. The maximum absolute atomic E-state index is 14.2. The minimum absolute atomic E-state index is 0.0455. The monoisotopic (exact) mass is 838 g/mol. The van der Waals surface area contributed by atoms with Crippen molar-refractivity contribution >= 4 is 47.4 Å². The number of fused-ring (bicyclic) bond motifs is 1. The van der Waals surface area contributed by atoms with Crippen molar-refractivity contribution in [2.75, 3.05) is 13.1 Å². The van der Waals surface area contributed by atoms with Gasteiger partial charge in [-0.2, -0.15) is 13.2 Å². The van der Waals surface area contributed by atoms with E-state index in [1.807, 2.05) is 44.2 Å². The molecule has 1 aliphatic carbocycles. The number of hydrogen-bond acceptors (Lipinski definition) is 8. The average molecular weight is 839 g/mol. The number of rotatable bonds is 17. The molecular formula is C39H57F3N8O9. The first kappa shape index (κ1) is 47.9.